The van der Waals surface area contributed by atoms with Crippen molar-refractivity contribution in [3.05, 3.63) is 28.8 Å². The number of carbonyl (C=O) groups excluding carboxylic acids is 1. The second kappa shape index (κ2) is 5.83. The number of halogens is 1. The summed E-state index contributed by atoms with van der Waals surface area (Å²) in [7, 11) is 0. The topological polar surface area (TPSA) is 41.1 Å². The van der Waals surface area contributed by atoms with Crippen LogP contribution in [0.25, 0.3) is 0 Å². The average Bonchev–Trinajstić information content (AvgIpc) is 2.78. The van der Waals surface area contributed by atoms with Crippen molar-refractivity contribution in [3.8, 4) is 0 Å². The minimum Gasteiger partial charge on any atom is -0.385 e. The predicted octanol–water partition coefficient (Wildman–Crippen LogP) is 3.83. The van der Waals surface area contributed by atoms with Crippen LogP contribution in [-0.2, 0) is 0 Å². The summed E-state index contributed by atoms with van der Waals surface area (Å²) in [6.07, 6.45) is 4.48. The molecule has 0 radical (unpaired) electrons. The van der Waals surface area contributed by atoms with E-state index in [2.05, 4.69) is 17.6 Å². The average molecular weight is 281 g/mol. The molecule has 1 saturated carbocycles. The molecule has 0 saturated heterocycles. The van der Waals surface area contributed by atoms with Crippen LogP contribution in [0.5, 0.6) is 0 Å². The van der Waals surface area contributed by atoms with Crippen LogP contribution < -0.4 is 10.6 Å². The molecule has 104 valence electrons. The van der Waals surface area contributed by atoms with Crippen LogP contribution in [-0.4, -0.2) is 18.0 Å². The molecule has 0 heterocycles. The number of nitrogens with one attached hydrogen (secondary N) is 2. The number of carbonyl (C=O) groups is 1. The van der Waals surface area contributed by atoms with Gasteiger partial charge >= 0.3 is 0 Å². The van der Waals surface area contributed by atoms with Crippen molar-refractivity contribution in [3.63, 3.8) is 0 Å². The highest BCUT2D eigenvalue weighted by Crippen LogP contribution is 2.30. The SMILES string of the molecule is CCNc1ccc(Cl)cc1C(=O)NC1(C)CCCC1. The Morgan fingerprint density at radius 1 is 1.37 bits per heavy atom. The Hall–Kier alpha value is -1.22. The summed E-state index contributed by atoms with van der Waals surface area (Å²) in [5, 5.41) is 6.95. The number of benzene rings is 1. The fourth-order valence-electron chi connectivity index (χ4n) is 2.67. The van der Waals surface area contributed by atoms with Crippen LogP contribution >= 0.6 is 11.6 Å². The van der Waals surface area contributed by atoms with Gasteiger partial charge in [-0.15, -0.1) is 0 Å². The van der Waals surface area contributed by atoms with Crippen LogP contribution in [0.1, 0.15) is 49.9 Å². The van der Waals surface area contributed by atoms with Crippen LogP contribution in [0, 0.1) is 0 Å². The Kier molecular flexibility index (Phi) is 4.35. The van der Waals surface area contributed by atoms with E-state index in [0.29, 0.717) is 10.6 Å². The molecule has 0 bridgehead atoms. The molecule has 1 fully saturated rings. The molecule has 2 rings (SSSR count). The van der Waals surface area contributed by atoms with E-state index in [0.717, 1.165) is 25.1 Å². The zero-order valence-electron chi connectivity index (χ0n) is 11.6. The zero-order valence-corrected chi connectivity index (χ0v) is 12.3. The largest absolute Gasteiger partial charge is 0.385 e. The Balaban J connectivity index is 2.19. The predicted molar refractivity (Wildman–Crippen MR) is 80.0 cm³/mol. The lowest BCUT2D eigenvalue weighted by atomic mass is 9.99. The fourth-order valence-corrected chi connectivity index (χ4v) is 2.84. The molecule has 1 aromatic carbocycles. The number of hydrogen-bond donors (Lipinski definition) is 2. The Bertz CT molecular complexity index is 467. The van der Waals surface area contributed by atoms with Crippen LogP contribution in [0.4, 0.5) is 5.69 Å². The first-order valence-electron chi connectivity index (χ1n) is 6.90. The normalized spacial score (nSPS) is 17.2. The van der Waals surface area contributed by atoms with Crippen LogP contribution in [0.2, 0.25) is 5.02 Å². The van der Waals surface area contributed by atoms with E-state index in [1.54, 1.807) is 12.1 Å². The van der Waals surface area contributed by atoms with Crippen molar-refractivity contribution in [2.45, 2.75) is 45.1 Å². The molecule has 3 nitrogen and oxygen atoms in total. The van der Waals surface area contributed by atoms with Gasteiger partial charge in [-0.2, -0.15) is 0 Å². The Morgan fingerprint density at radius 2 is 2.05 bits per heavy atom. The second-order valence-electron chi connectivity index (χ2n) is 5.44. The Morgan fingerprint density at radius 3 is 2.68 bits per heavy atom. The highest BCUT2D eigenvalue weighted by Gasteiger charge is 2.30. The van der Waals surface area contributed by atoms with Crippen molar-refractivity contribution in [2.24, 2.45) is 0 Å². The number of anilines is 1. The van der Waals surface area contributed by atoms with E-state index >= 15 is 0 Å². The summed E-state index contributed by atoms with van der Waals surface area (Å²) in [6, 6.07) is 5.39. The van der Waals surface area contributed by atoms with Crippen LogP contribution in [0.3, 0.4) is 0 Å². The molecule has 0 spiro atoms. The third-order valence-corrected chi connectivity index (χ3v) is 3.95. The summed E-state index contributed by atoms with van der Waals surface area (Å²) in [5.74, 6) is -0.0390. The number of hydrogen-bond acceptors (Lipinski definition) is 2. The minimum atomic E-state index is -0.0666. The highest BCUT2D eigenvalue weighted by molar-refractivity contribution is 6.31. The lowest BCUT2D eigenvalue weighted by Crippen LogP contribution is -2.43. The molecule has 1 amide bonds. The first kappa shape index (κ1) is 14.2. The summed E-state index contributed by atoms with van der Waals surface area (Å²) < 4.78 is 0. The van der Waals surface area contributed by atoms with Crippen molar-refractivity contribution < 1.29 is 4.79 Å². The van der Waals surface area contributed by atoms with Gasteiger partial charge in [-0.25, -0.2) is 0 Å². The molecule has 1 aromatic rings. The number of amides is 1. The molecule has 0 aliphatic heterocycles. The van der Waals surface area contributed by atoms with E-state index in [4.69, 9.17) is 11.6 Å². The van der Waals surface area contributed by atoms with Gasteiger partial charge in [0.15, 0.2) is 0 Å². The van der Waals surface area contributed by atoms with Crippen LogP contribution in [0.15, 0.2) is 18.2 Å². The molecule has 1 aliphatic carbocycles. The van der Waals surface area contributed by atoms with E-state index in [-0.39, 0.29) is 11.4 Å². The molecular formula is C15H21ClN2O. The lowest BCUT2D eigenvalue weighted by molar-refractivity contribution is 0.0909. The quantitative estimate of drug-likeness (QED) is 0.880. The van der Waals surface area contributed by atoms with Gasteiger partial charge in [0.2, 0.25) is 0 Å². The Labute approximate surface area is 119 Å². The summed E-state index contributed by atoms with van der Waals surface area (Å²) >= 11 is 6.00. The molecule has 0 atom stereocenters. The molecule has 0 aromatic heterocycles. The molecule has 0 unspecified atom stereocenters. The minimum absolute atomic E-state index is 0.0390. The molecule has 2 N–H and O–H groups in total. The number of rotatable bonds is 4. The molecule has 1 aliphatic rings. The van der Waals surface area contributed by atoms with Gasteiger partial charge in [0.1, 0.15) is 0 Å². The van der Waals surface area contributed by atoms with E-state index in [1.807, 2.05) is 13.0 Å². The first-order valence-corrected chi connectivity index (χ1v) is 7.28. The standard InChI is InChI=1S/C15H21ClN2O/c1-3-17-13-7-6-11(16)10-12(13)14(19)18-15(2)8-4-5-9-15/h6-7,10,17H,3-5,8-9H2,1-2H3,(H,18,19). The van der Waals surface area contributed by atoms with Gasteiger partial charge in [0.25, 0.3) is 5.91 Å². The summed E-state index contributed by atoms with van der Waals surface area (Å²) in [5.41, 5.74) is 1.40. The van der Waals surface area contributed by atoms with Crippen molar-refractivity contribution in [1.82, 2.24) is 5.32 Å². The highest BCUT2D eigenvalue weighted by atomic mass is 35.5. The smallest absolute Gasteiger partial charge is 0.253 e. The first-order chi connectivity index (χ1) is 9.04. The van der Waals surface area contributed by atoms with E-state index in [1.165, 1.54) is 12.8 Å². The van der Waals surface area contributed by atoms with E-state index < -0.39 is 0 Å². The molecule has 4 heteroatoms. The van der Waals surface area contributed by atoms with Gasteiger partial charge in [-0.05, 0) is 44.9 Å². The summed E-state index contributed by atoms with van der Waals surface area (Å²) in [4.78, 5) is 12.4. The second-order valence-corrected chi connectivity index (χ2v) is 5.88. The van der Waals surface area contributed by atoms with Gasteiger partial charge in [-0.1, -0.05) is 24.4 Å². The fraction of sp³-hybridized carbons (Fsp3) is 0.533. The van der Waals surface area contributed by atoms with Crippen molar-refractivity contribution in [1.29, 1.82) is 0 Å². The zero-order chi connectivity index (χ0) is 13.9. The maximum Gasteiger partial charge on any atom is 0.253 e. The third kappa shape index (κ3) is 3.41. The summed E-state index contributed by atoms with van der Waals surface area (Å²) in [6.45, 7) is 4.91. The van der Waals surface area contributed by atoms with Gasteiger partial charge < -0.3 is 10.6 Å². The van der Waals surface area contributed by atoms with Gasteiger partial charge in [-0.3, -0.25) is 4.79 Å². The van der Waals surface area contributed by atoms with Crippen molar-refractivity contribution >= 4 is 23.2 Å². The van der Waals surface area contributed by atoms with E-state index in [9.17, 15) is 4.79 Å². The van der Waals surface area contributed by atoms with Crippen molar-refractivity contribution in [2.75, 3.05) is 11.9 Å². The lowest BCUT2D eigenvalue weighted by Gasteiger charge is -2.26. The van der Waals surface area contributed by atoms with Gasteiger partial charge in [0, 0.05) is 22.8 Å². The van der Waals surface area contributed by atoms with Gasteiger partial charge in [0.05, 0.1) is 5.56 Å². The third-order valence-electron chi connectivity index (χ3n) is 3.72. The maximum absolute atomic E-state index is 12.4. The molecule has 19 heavy (non-hydrogen) atoms. The monoisotopic (exact) mass is 280 g/mol. The molecular weight excluding hydrogens is 260 g/mol. The maximum atomic E-state index is 12.4.